The quantitative estimate of drug-likeness (QED) is 0.896. The molecule has 2 rings (SSSR count). The Bertz CT molecular complexity index is 686. The lowest BCUT2D eigenvalue weighted by Crippen LogP contribution is -2.45. The summed E-state index contributed by atoms with van der Waals surface area (Å²) < 4.78 is 27.8. The van der Waals surface area contributed by atoms with Crippen molar-refractivity contribution in [3.05, 3.63) is 29.3 Å². The molecule has 0 saturated heterocycles. The highest BCUT2D eigenvalue weighted by Gasteiger charge is 2.34. The maximum Gasteiger partial charge on any atom is 0.243 e. The van der Waals surface area contributed by atoms with E-state index in [0.29, 0.717) is 11.1 Å². The van der Waals surface area contributed by atoms with E-state index in [1.54, 1.807) is 26.0 Å². The predicted molar refractivity (Wildman–Crippen MR) is 88.3 cm³/mol. The van der Waals surface area contributed by atoms with Crippen molar-refractivity contribution in [2.45, 2.75) is 63.0 Å². The minimum absolute atomic E-state index is 0.0755. The second-order valence-electron chi connectivity index (χ2n) is 6.31. The summed E-state index contributed by atoms with van der Waals surface area (Å²) in [6.07, 6.45) is 4.06. The van der Waals surface area contributed by atoms with Crippen LogP contribution in [0.1, 0.15) is 50.2 Å². The van der Waals surface area contributed by atoms with Gasteiger partial charge in [-0.2, -0.15) is 9.57 Å². The lowest BCUT2D eigenvalue weighted by Gasteiger charge is -2.34. The molecule has 1 aromatic carbocycles. The molecular formula is C17H24N2O3S. The zero-order chi connectivity index (χ0) is 17.0. The van der Waals surface area contributed by atoms with Crippen molar-refractivity contribution in [2.75, 3.05) is 6.54 Å². The largest absolute Gasteiger partial charge is 0.392 e. The van der Waals surface area contributed by atoms with Crippen molar-refractivity contribution in [3.63, 3.8) is 0 Å². The third kappa shape index (κ3) is 4.11. The van der Waals surface area contributed by atoms with Gasteiger partial charge < -0.3 is 5.11 Å². The highest BCUT2D eigenvalue weighted by molar-refractivity contribution is 7.89. The molecule has 1 N–H and O–H groups in total. The van der Waals surface area contributed by atoms with Gasteiger partial charge in [-0.25, -0.2) is 8.42 Å². The zero-order valence-electron chi connectivity index (χ0n) is 13.7. The van der Waals surface area contributed by atoms with Crippen LogP contribution in [0.3, 0.4) is 0 Å². The molecule has 1 atom stereocenters. The summed E-state index contributed by atoms with van der Waals surface area (Å²) in [7, 11) is -3.74. The molecule has 1 aliphatic carbocycles. The molecule has 1 aliphatic rings. The summed E-state index contributed by atoms with van der Waals surface area (Å²) >= 11 is 0. The molecule has 126 valence electrons. The van der Waals surface area contributed by atoms with Crippen LogP contribution in [-0.4, -0.2) is 36.5 Å². The van der Waals surface area contributed by atoms with Gasteiger partial charge in [0.25, 0.3) is 0 Å². The number of nitriles is 1. The van der Waals surface area contributed by atoms with Gasteiger partial charge in [-0.15, -0.1) is 0 Å². The Morgan fingerprint density at radius 3 is 2.57 bits per heavy atom. The van der Waals surface area contributed by atoms with Gasteiger partial charge in [0.05, 0.1) is 22.6 Å². The van der Waals surface area contributed by atoms with Crippen LogP contribution in [0, 0.1) is 18.3 Å². The van der Waals surface area contributed by atoms with Gasteiger partial charge in [0.2, 0.25) is 10.0 Å². The van der Waals surface area contributed by atoms with Crippen LogP contribution in [0.25, 0.3) is 0 Å². The standard InChI is InChI=1S/C17H24N2O3S/c1-13-8-9-15(11-18)10-17(13)23(21,22)19(12-14(2)20)16-6-4-3-5-7-16/h8-10,14,16,20H,3-7,12H2,1-2H3. The minimum atomic E-state index is -3.74. The smallest absolute Gasteiger partial charge is 0.243 e. The molecule has 0 amide bonds. The summed E-state index contributed by atoms with van der Waals surface area (Å²) in [5.41, 5.74) is 0.949. The van der Waals surface area contributed by atoms with Crippen molar-refractivity contribution in [1.29, 1.82) is 5.26 Å². The molecule has 0 heterocycles. The molecule has 1 aromatic rings. The van der Waals surface area contributed by atoms with Gasteiger partial charge in [-0.1, -0.05) is 25.3 Å². The first-order valence-corrected chi connectivity index (χ1v) is 9.51. The van der Waals surface area contributed by atoms with E-state index in [9.17, 15) is 13.5 Å². The number of rotatable bonds is 5. The van der Waals surface area contributed by atoms with Crippen LogP contribution in [0.2, 0.25) is 0 Å². The molecule has 0 spiro atoms. The Hall–Kier alpha value is -1.42. The van der Waals surface area contributed by atoms with E-state index in [2.05, 4.69) is 0 Å². The molecule has 0 aromatic heterocycles. The van der Waals surface area contributed by atoms with Gasteiger partial charge in [0, 0.05) is 12.6 Å². The molecule has 0 aliphatic heterocycles. The van der Waals surface area contributed by atoms with Crippen molar-refractivity contribution in [1.82, 2.24) is 4.31 Å². The van der Waals surface area contributed by atoms with Crippen LogP contribution in [0.4, 0.5) is 0 Å². The highest BCUT2D eigenvalue weighted by Crippen LogP contribution is 2.29. The highest BCUT2D eigenvalue weighted by atomic mass is 32.2. The monoisotopic (exact) mass is 336 g/mol. The Kier molecular flexibility index (Phi) is 5.79. The van der Waals surface area contributed by atoms with Gasteiger partial charge in [0.15, 0.2) is 0 Å². The van der Waals surface area contributed by atoms with E-state index in [0.717, 1.165) is 32.1 Å². The second kappa shape index (κ2) is 7.43. The lowest BCUT2D eigenvalue weighted by atomic mass is 9.95. The fraction of sp³-hybridized carbons (Fsp3) is 0.588. The van der Waals surface area contributed by atoms with Gasteiger partial charge in [-0.3, -0.25) is 0 Å². The first kappa shape index (κ1) is 17.9. The second-order valence-corrected chi connectivity index (χ2v) is 8.17. The maximum absolute atomic E-state index is 13.2. The van der Waals surface area contributed by atoms with E-state index in [1.165, 1.54) is 10.4 Å². The molecule has 23 heavy (non-hydrogen) atoms. The molecule has 1 unspecified atom stereocenters. The van der Waals surface area contributed by atoms with Crippen LogP contribution >= 0.6 is 0 Å². The summed E-state index contributed by atoms with van der Waals surface area (Å²) in [5, 5.41) is 18.8. The molecule has 6 heteroatoms. The SMILES string of the molecule is Cc1ccc(C#N)cc1S(=O)(=O)N(CC(C)O)C1CCCCC1. The molecule has 0 bridgehead atoms. The third-order valence-electron chi connectivity index (χ3n) is 4.33. The van der Waals surface area contributed by atoms with Crippen molar-refractivity contribution < 1.29 is 13.5 Å². The molecular weight excluding hydrogens is 312 g/mol. The van der Waals surface area contributed by atoms with Crippen molar-refractivity contribution >= 4 is 10.0 Å². The number of hydrogen-bond acceptors (Lipinski definition) is 4. The van der Waals surface area contributed by atoms with E-state index in [1.807, 2.05) is 6.07 Å². The first-order valence-electron chi connectivity index (χ1n) is 8.07. The van der Waals surface area contributed by atoms with Crippen molar-refractivity contribution in [3.8, 4) is 6.07 Å². The average molecular weight is 336 g/mol. The summed E-state index contributed by atoms with van der Waals surface area (Å²) in [5.74, 6) is 0. The number of aryl methyl sites for hydroxylation is 1. The topological polar surface area (TPSA) is 81.4 Å². The van der Waals surface area contributed by atoms with Crippen LogP contribution in [0.15, 0.2) is 23.1 Å². The number of benzene rings is 1. The molecule has 1 fully saturated rings. The van der Waals surface area contributed by atoms with E-state index >= 15 is 0 Å². The molecule has 0 radical (unpaired) electrons. The fourth-order valence-corrected chi connectivity index (χ4v) is 5.17. The zero-order valence-corrected chi connectivity index (χ0v) is 14.5. The molecule has 1 saturated carbocycles. The van der Waals surface area contributed by atoms with Gasteiger partial charge in [0.1, 0.15) is 0 Å². The fourth-order valence-electron chi connectivity index (χ4n) is 3.15. The average Bonchev–Trinajstić information content (AvgIpc) is 2.53. The molecule has 5 nitrogen and oxygen atoms in total. The van der Waals surface area contributed by atoms with Crippen molar-refractivity contribution in [2.24, 2.45) is 0 Å². The summed E-state index contributed by atoms with van der Waals surface area (Å²) in [6, 6.07) is 6.63. The van der Waals surface area contributed by atoms with Gasteiger partial charge >= 0.3 is 0 Å². The number of hydrogen-bond donors (Lipinski definition) is 1. The minimum Gasteiger partial charge on any atom is -0.392 e. The maximum atomic E-state index is 13.2. The Morgan fingerprint density at radius 2 is 2.00 bits per heavy atom. The summed E-state index contributed by atoms with van der Waals surface area (Å²) in [4.78, 5) is 0.169. The number of sulfonamides is 1. The summed E-state index contributed by atoms with van der Waals surface area (Å²) in [6.45, 7) is 3.42. The first-order chi connectivity index (χ1) is 10.9. The van der Waals surface area contributed by atoms with Gasteiger partial charge in [-0.05, 0) is 44.4 Å². The predicted octanol–water partition coefficient (Wildman–Crippen LogP) is 2.57. The van der Waals surface area contributed by atoms with E-state index < -0.39 is 16.1 Å². The Morgan fingerprint density at radius 1 is 1.35 bits per heavy atom. The number of aliphatic hydroxyl groups is 1. The third-order valence-corrected chi connectivity index (χ3v) is 6.39. The Balaban J connectivity index is 2.45. The van der Waals surface area contributed by atoms with E-state index in [4.69, 9.17) is 5.26 Å². The number of aliphatic hydroxyl groups excluding tert-OH is 1. The van der Waals surface area contributed by atoms with Crippen LogP contribution in [-0.2, 0) is 10.0 Å². The van der Waals surface area contributed by atoms with Crippen LogP contribution in [0.5, 0.6) is 0 Å². The normalized spacial score (nSPS) is 17.9. The lowest BCUT2D eigenvalue weighted by molar-refractivity contribution is 0.136. The number of nitrogens with zero attached hydrogens (tertiary/aromatic N) is 2. The van der Waals surface area contributed by atoms with E-state index in [-0.39, 0.29) is 17.5 Å². The van der Waals surface area contributed by atoms with Crippen LogP contribution < -0.4 is 0 Å². The Labute approximate surface area is 138 Å².